The van der Waals surface area contributed by atoms with Crippen molar-refractivity contribution in [1.82, 2.24) is 15.5 Å². The first-order chi connectivity index (χ1) is 24.8. The second-order valence-electron chi connectivity index (χ2n) is 13.5. The van der Waals surface area contributed by atoms with Gasteiger partial charge in [-0.1, -0.05) is 54.6 Å². The van der Waals surface area contributed by atoms with Gasteiger partial charge in [0.05, 0.1) is 24.5 Å². The molecule has 3 aromatic carbocycles. The van der Waals surface area contributed by atoms with Gasteiger partial charge in [0.25, 0.3) is 0 Å². The van der Waals surface area contributed by atoms with Gasteiger partial charge < -0.3 is 34.6 Å². The van der Waals surface area contributed by atoms with E-state index in [1.54, 1.807) is 62.1 Å². The summed E-state index contributed by atoms with van der Waals surface area (Å²) >= 11 is 0. The Morgan fingerprint density at radius 3 is 2.25 bits per heavy atom. The molecular weight excluding hydrogens is 673 g/mol. The molecule has 276 valence electrons. The molecule has 1 atom stereocenters. The topological polar surface area (TPSA) is 147 Å². The Kier molecular flexibility index (Phi) is 12.3. The number of ketones is 1. The first-order valence-electron chi connectivity index (χ1n) is 17.2. The lowest BCUT2D eigenvalue weighted by Crippen LogP contribution is -2.49. The molecule has 2 N–H and O–H groups in total. The average molecular weight is 718 g/mol. The van der Waals surface area contributed by atoms with Crippen LogP contribution in [0.25, 0.3) is 0 Å². The molecule has 0 aromatic heterocycles. The average Bonchev–Trinajstić information content (AvgIpc) is 3.51. The van der Waals surface area contributed by atoms with E-state index in [1.807, 2.05) is 35.2 Å². The minimum absolute atomic E-state index is 0.0510. The van der Waals surface area contributed by atoms with Crippen LogP contribution in [0.2, 0.25) is 0 Å². The van der Waals surface area contributed by atoms with Crippen LogP contribution in [0.1, 0.15) is 55.1 Å². The second kappa shape index (κ2) is 17.0. The molecule has 0 unspecified atom stereocenters. The number of Topliss-reactive ketones (excluding diaryl/α,β-unsaturated/α-hetero) is 1. The van der Waals surface area contributed by atoms with E-state index < -0.39 is 35.8 Å². The number of ether oxygens (including phenoxy) is 3. The zero-order chi connectivity index (χ0) is 37.3. The largest absolute Gasteiger partial charge is 0.445 e. The summed E-state index contributed by atoms with van der Waals surface area (Å²) in [5.41, 5.74) is 2.17. The number of benzene rings is 3. The highest BCUT2D eigenvalue weighted by atomic mass is 19.1. The van der Waals surface area contributed by atoms with Crippen LogP contribution in [0.4, 0.5) is 30.1 Å². The van der Waals surface area contributed by atoms with Crippen LogP contribution < -0.4 is 20.4 Å². The number of carbonyl (C=O) groups is 5. The Morgan fingerprint density at radius 2 is 1.58 bits per heavy atom. The number of hydrogen-bond donors (Lipinski definition) is 2. The maximum atomic E-state index is 15.3. The molecule has 0 bridgehead atoms. The van der Waals surface area contributed by atoms with Crippen molar-refractivity contribution in [3.8, 4) is 0 Å². The first-order valence-corrected chi connectivity index (χ1v) is 17.2. The molecule has 0 saturated carbocycles. The van der Waals surface area contributed by atoms with Crippen molar-refractivity contribution in [3.63, 3.8) is 0 Å². The van der Waals surface area contributed by atoms with E-state index in [-0.39, 0.29) is 50.8 Å². The molecule has 13 nitrogen and oxygen atoms in total. The van der Waals surface area contributed by atoms with Crippen LogP contribution in [0.15, 0.2) is 72.8 Å². The molecule has 2 fully saturated rings. The van der Waals surface area contributed by atoms with Gasteiger partial charge in [-0.3, -0.25) is 14.5 Å². The number of piperazine rings is 1. The van der Waals surface area contributed by atoms with Crippen molar-refractivity contribution in [2.75, 3.05) is 49.1 Å². The van der Waals surface area contributed by atoms with Gasteiger partial charge in [0.2, 0.25) is 5.91 Å². The molecule has 0 radical (unpaired) electrons. The molecule has 0 spiro atoms. The van der Waals surface area contributed by atoms with Crippen molar-refractivity contribution in [3.05, 3.63) is 95.3 Å². The molecule has 14 heteroatoms. The highest BCUT2D eigenvalue weighted by Gasteiger charge is 2.34. The second-order valence-corrected chi connectivity index (χ2v) is 13.5. The van der Waals surface area contributed by atoms with E-state index in [9.17, 15) is 24.0 Å². The fourth-order valence-electron chi connectivity index (χ4n) is 5.75. The summed E-state index contributed by atoms with van der Waals surface area (Å²) in [5.74, 6) is -0.832. The Labute approximate surface area is 302 Å². The number of hydrogen-bond acceptors (Lipinski definition) is 9. The number of amides is 4. The van der Waals surface area contributed by atoms with Crippen molar-refractivity contribution in [2.45, 2.75) is 58.5 Å². The molecule has 3 aromatic rings. The normalized spacial score (nSPS) is 15.9. The number of halogens is 1. The molecule has 4 amide bonds. The van der Waals surface area contributed by atoms with Gasteiger partial charge in [-0.15, -0.1) is 0 Å². The fourth-order valence-corrected chi connectivity index (χ4v) is 5.75. The summed E-state index contributed by atoms with van der Waals surface area (Å²) in [5, 5.41) is 5.27. The molecule has 52 heavy (non-hydrogen) atoms. The number of nitrogens with one attached hydrogen (secondary N) is 2. The minimum atomic E-state index is -0.663. The summed E-state index contributed by atoms with van der Waals surface area (Å²) in [6, 6.07) is 20.7. The number of carbonyl (C=O) groups excluding carboxylic acids is 5. The van der Waals surface area contributed by atoms with Crippen molar-refractivity contribution >= 4 is 41.3 Å². The standard InChI is InChI=1S/C38H44FN5O8/c1-38(2,3)52-36(48)41-23-30-24-44(37(49)51-30)29-13-14-32(31(39)21-29)42-17-19-43(20-18-42)34(46)16-15-33(45)28-11-9-26(10-12-28)22-40-35(47)50-25-27-7-5-4-6-8-27/h4-14,21,30H,15-20,22-25H2,1-3H3,(H,40,47)(H,41,48)/t30-/m0/s1. The maximum Gasteiger partial charge on any atom is 0.414 e. The van der Waals surface area contributed by atoms with Gasteiger partial charge in [0.15, 0.2) is 5.78 Å². The van der Waals surface area contributed by atoms with Gasteiger partial charge in [-0.05, 0) is 50.1 Å². The molecule has 2 aliphatic rings. The number of rotatable bonds is 12. The fraction of sp³-hybridized carbons (Fsp3) is 0.395. The van der Waals surface area contributed by atoms with E-state index >= 15 is 4.39 Å². The van der Waals surface area contributed by atoms with E-state index in [2.05, 4.69) is 10.6 Å². The Morgan fingerprint density at radius 1 is 0.865 bits per heavy atom. The predicted molar refractivity (Wildman–Crippen MR) is 191 cm³/mol. The molecule has 0 aliphatic carbocycles. The number of alkyl carbamates (subject to hydrolysis) is 2. The monoisotopic (exact) mass is 717 g/mol. The van der Waals surface area contributed by atoms with Gasteiger partial charge in [-0.25, -0.2) is 18.8 Å². The maximum absolute atomic E-state index is 15.3. The van der Waals surface area contributed by atoms with Gasteiger partial charge in [-0.2, -0.15) is 0 Å². The Hall–Kier alpha value is -5.66. The van der Waals surface area contributed by atoms with Crippen molar-refractivity contribution in [2.24, 2.45) is 0 Å². The summed E-state index contributed by atoms with van der Waals surface area (Å²) in [6.45, 7) is 7.36. The summed E-state index contributed by atoms with van der Waals surface area (Å²) in [7, 11) is 0. The third-order valence-corrected chi connectivity index (χ3v) is 8.45. The Bertz CT molecular complexity index is 1740. The van der Waals surface area contributed by atoms with Crippen molar-refractivity contribution in [1.29, 1.82) is 0 Å². The molecular formula is C38H44FN5O8. The molecule has 2 saturated heterocycles. The van der Waals surface area contributed by atoms with Gasteiger partial charge in [0, 0.05) is 51.1 Å². The molecule has 2 heterocycles. The van der Waals surface area contributed by atoms with E-state index in [1.165, 1.54) is 11.0 Å². The number of nitrogens with zero attached hydrogens (tertiary/aromatic N) is 3. The third-order valence-electron chi connectivity index (χ3n) is 8.45. The van der Waals surface area contributed by atoms with Crippen LogP contribution in [0.3, 0.4) is 0 Å². The smallest absolute Gasteiger partial charge is 0.414 e. The lowest BCUT2D eigenvalue weighted by molar-refractivity contribution is -0.131. The number of cyclic esters (lactones) is 1. The lowest BCUT2D eigenvalue weighted by atomic mass is 10.0. The summed E-state index contributed by atoms with van der Waals surface area (Å²) in [6.07, 6.45) is -2.33. The van der Waals surface area contributed by atoms with E-state index in [0.29, 0.717) is 43.1 Å². The van der Waals surface area contributed by atoms with Crippen LogP contribution in [0, 0.1) is 5.82 Å². The van der Waals surface area contributed by atoms with Crippen LogP contribution >= 0.6 is 0 Å². The summed E-state index contributed by atoms with van der Waals surface area (Å²) in [4.78, 5) is 67.0. The van der Waals surface area contributed by atoms with Crippen LogP contribution in [-0.4, -0.2) is 85.8 Å². The van der Waals surface area contributed by atoms with Gasteiger partial charge >= 0.3 is 18.3 Å². The lowest BCUT2D eigenvalue weighted by Gasteiger charge is -2.36. The predicted octanol–water partition coefficient (Wildman–Crippen LogP) is 5.41. The van der Waals surface area contributed by atoms with E-state index in [0.717, 1.165) is 11.1 Å². The highest BCUT2D eigenvalue weighted by Crippen LogP contribution is 2.29. The highest BCUT2D eigenvalue weighted by molar-refractivity contribution is 5.98. The zero-order valence-corrected chi connectivity index (χ0v) is 29.6. The Balaban J connectivity index is 1.02. The molecule has 5 rings (SSSR count). The quantitative estimate of drug-likeness (QED) is 0.185. The minimum Gasteiger partial charge on any atom is -0.445 e. The van der Waals surface area contributed by atoms with Gasteiger partial charge in [0.1, 0.15) is 24.1 Å². The third kappa shape index (κ3) is 10.7. The van der Waals surface area contributed by atoms with Crippen molar-refractivity contribution < 1.29 is 42.6 Å². The zero-order valence-electron chi connectivity index (χ0n) is 29.6. The van der Waals surface area contributed by atoms with Crippen LogP contribution in [0.5, 0.6) is 0 Å². The molecule has 2 aliphatic heterocycles. The first kappa shape index (κ1) is 37.6. The SMILES string of the molecule is CC(C)(C)OC(=O)NC[C@H]1CN(c2ccc(N3CCN(C(=O)CCC(=O)c4ccc(CNC(=O)OCc5ccccc5)cc4)CC3)c(F)c2)C(=O)O1. The van der Waals surface area contributed by atoms with Crippen LogP contribution in [-0.2, 0) is 32.2 Å². The summed E-state index contributed by atoms with van der Waals surface area (Å²) < 4.78 is 31.1. The van der Waals surface area contributed by atoms with E-state index in [4.69, 9.17) is 14.2 Å². The number of anilines is 2.